The summed E-state index contributed by atoms with van der Waals surface area (Å²) in [6, 6.07) is 10.2. The van der Waals surface area contributed by atoms with Crippen molar-refractivity contribution in [3.63, 3.8) is 0 Å². The molecule has 1 aromatic carbocycles. The molecular formula is C20H23N3O2. The Morgan fingerprint density at radius 2 is 2.12 bits per heavy atom. The molecule has 1 heterocycles. The number of rotatable bonds is 4. The number of nitrogens with one attached hydrogen (secondary N) is 1. The topological polar surface area (TPSA) is 64.0 Å². The molecule has 1 aromatic heterocycles. The highest BCUT2D eigenvalue weighted by atomic mass is 16.2. The van der Waals surface area contributed by atoms with Crippen LogP contribution in [-0.2, 0) is 18.3 Å². The minimum Gasteiger partial charge on any atom is -0.314 e. The molecule has 2 aliphatic carbocycles. The molecule has 2 aliphatic rings. The molecule has 2 saturated carbocycles. The van der Waals surface area contributed by atoms with Gasteiger partial charge in [-0.05, 0) is 43.1 Å². The zero-order valence-corrected chi connectivity index (χ0v) is 14.4. The first kappa shape index (κ1) is 16.1. The van der Waals surface area contributed by atoms with Crippen molar-refractivity contribution in [1.29, 1.82) is 0 Å². The molecule has 0 saturated heterocycles. The van der Waals surface area contributed by atoms with Crippen molar-refractivity contribution in [2.45, 2.75) is 32.1 Å². The fourth-order valence-corrected chi connectivity index (χ4v) is 4.79. The molecule has 4 rings (SSSR count). The predicted octanol–water partition coefficient (Wildman–Crippen LogP) is 2.77. The molecule has 3 atom stereocenters. The summed E-state index contributed by atoms with van der Waals surface area (Å²) in [6.07, 6.45) is 8.22. The normalized spacial score (nSPS) is 27.4. The number of carbonyl (C=O) groups is 1. The van der Waals surface area contributed by atoms with Crippen LogP contribution in [0.1, 0.15) is 31.2 Å². The highest BCUT2D eigenvalue weighted by molar-refractivity contribution is 5.95. The van der Waals surface area contributed by atoms with Crippen molar-refractivity contribution in [2.75, 3.05) is 5.32 Å². The number of hydrogen-bond acceptors (Lipinski definition) is 3. The SMILES string of the molecule is Cn1ccnc(NC(=O)C2(Cc3ccccc3)CC3CCC2C3)c1=O. The summed E-state index contributed by atoms with van der Waals surface area (Å²) >= 11 is 0. The van der Waals surface area contributed by atoms with Crippen molar-refractivity contribution in [2.24, 2.45) is 24.3 Å². The lowest BCUT2D eigenvalue weighted by atomic mass is 9.68. The van der Waals surface area contributed by atoms with Crippen molar-refractivity contribution in [3.8, 4) is 0 Å². The number of benzene rings is 1. The third kappa shape index (κ3) is 2.77. The molecule has 0 radical (unpaired) electrons. The zero-order valence-electron chi connectivity index (χ0n) is 14.4. The standard InChI is InChI=1S/C20H23N3O2/c1-23-10-9-21-17(18(23)24)22-19(25)20(12-14-5-3-2-4-6-14)13-15-7-8-16(20)11-15/h2-6,9-10,15-16H,7-8,11-13H2,1H3,(H,21,22,25). The third-order valence-corrected chi connectivity index (χ3v) is 6.04. The van der Waals surface area contributed by atoms with E-state index in [4.69, 9.17) is 0 Å². The van der Waals surface area contributed by atoms with E-state index in [1.54, 1.807) is 19.4 Å². The van der Waals surface area contributed by atoms with Crippen LogP contribution in [-0.4, -0.2) is 15.5 Å². The van der Waals surface area contributed by atoms with Crippen LogP contribution in [0, 0.1) is 17.3 Å². The molecule has 0 aliphatic heterocycles. The quantitative estimate of drug-likeness (QED) is 0.933. The number of amides is 1. The molecule has 0 spiro atoms. The van der Waals surface area contributed by atoms with Crippen LogP contribution in [0.15, 0.2) is 47.5 Å². The Bertz CT molecular complexity index is 846. The van der Waals surface area contributed by atoms with Crippen LogP contribution >= 0.6 is 0 Å². The number of hydrogen-bond donors (Lipinski definition) is 1. The minimum absolute atomic E-state index is 0.0423. The fraction of sp³-hybridized carbons (Fsp3) is 0.450. The van der Waals surface area contributed by atoms with E-state index in [9.17, 15) is 9.59 Å². The zero-order chi connectivity index (χ0) is 17.4. The summed E-state index contributed by atoms with van der Waals surface area (Å²) in [4.78, 5) is 29.6. The molecule has 5 nitrogen and oxygen atoms in total. The van der Waals surface area contributed by atoms with Gasteiger partial charge >= 0.3 is 0 Å². The van der Waals surface area contributed by atoms with Crippen LogP contribution in [0.4, 0.5) is 5.82 Å². The molecule has 2 bridgehead atoms. The molecule has 2 fully saturated rings. The summed E-state index contributed by atoms with van der Waals surface area (Å²) in [7, 11) is 1.66. The number of fused-ring (bicyclic) bond motifs is 2. The summed E-state index contributed by atoms with van der Waals surface area (Å²) in [5.41, 5.74) is 0.486. The molecule has 25 heavy (non-hydrogen) atoms. The summed E-state index contributed by atoms with van der Waals surface area (Å²) in [5, 5.41) is 2.86. The van der Waals surface area contributed by atoms with Gasteiger partial charge in [-0.25, -0.2) is 4.98 Å². The number of aromatic nitrogens is 2. The van der Waals surface area contributed by atoms with Gasteiger partial charge in [-0.3, -0.25) is 9.59 Å². The van der Waals surface area contributed by atoms with E-state index in [2.05, 4.69) is 22.4 Å². The van der Waals surface area contributed by atoms with Gasteiger partial charge in [-0.15, -0.1) is 0 Å². The van der Waals surface area contributed by atoms with E-state index >= 15 is 0 Å². The molecule has 5 heteroatoms. The average Bonchev–Trinajstić information content (AvgIpc) is 3.21. The Morgan fingerprint density at radius 3 is 2.80 bits per heavy atom. The Balaban J connectivity index is 1.65. The van der Waals surface area contributed by atoms with Gasteiger partial charge in [-0.1, -0.05) is 36.8 Å². The van der Waals surface area contributed by atoms with E-state index in [1.807, 2.05) is 18.2 Å². The lowest BCUT2D eigenvalue weighted by Gasteiger charge is -2.36. The molecular weight excluding hydrogens is 314 g/mol. The molecule has 130 valence electrons. The summed E-state index contributed by atoms with van der Waals surface area (Å²) in [6.45, 7) is 0. The molecule has 1 N–H and O–H groups in total. The largest absolute Gasteiger partial charge is 0.314 e. The van der Waals surface area contributed by atoms with Crippen LogP contribution in [0.25, 0.3) is 0 Å². The molecule has 3 unspecified atom stereocenters. The average molecular weight is 337 g/mol. The van der Waals surface area contributed by atoms with Crippen LogP contribution < -0.4 is 10.9 Å². The van der Waals surface area contributed by atoms with Crippen molar-refractivity contribution < 1.29 is 4.79 Å². The minimum atomic E-state index is -0.424. The van der Waals surface area contributed by atoms with E-state index in [0.29, 0.717) is 11.8 Å². The Hall–Kier alpha value is -2.43. The van der Waals surface area contributed by atoms with Gasteiger partial charge in [-0.2, -0.15) is 0 Å². The van der Waals surface area contributed by atoms with Crippen LogP contribution in [0.2, 0.25) is 0 Å². The van der Waals surface area contributed by atoms with E-state index < -0.39 is 5.41 Å². The lowest BCUT2D eigenvalue weighted by Crippen LogP contribution is -2.43. The van der Waals surface area contributed by atoms with Crippen molar-refractivity contribution in [1.82, 2.24) is 9.55 Å². The first-order chi connectivity index (χ1) is 12.1. The van der Waals surface area contributed by atoms with Gasteiger partial charge in [0.15, 0.2) is 5.82 Å². The number of carbonyl (C=O) groups excluding carboxylic acids is 1. The lowest BCUT2D eigenvalue weighted by molar-refractivity contribution is -0.128. The summed E-state index contributed by atoms with van der Waals surface area (Å²) in [5.74, 6) is 1.11. The Morgan fingerprint density at radius 1 is 1.32 bits per heavy atom. The highest BCUT2D eigenvalue weighted by Gasteiger charge is 2.55. The fourth-order valence-electron chi connectivity index (χ4n) is 4.79. The van der Waals surface area contributed by atoms with Gasteiger partial charge in [0.1, 0.15) is 0 Å². The highest BCUT2D eigenvalue weighted by Crippen LogP contribution is 2.57. The summed E-state index contributed by atoms with van der Waals surface area (Å²) < 4.78 is 1.44. The maximum absolute atomic E-state index is 13.3. The van der Waals surface area contributed by atoms with Crippen LogP contribution in [0.3, 0.4) is 0 Å². The second-order valence-corrected chi connectivity index (χ2v) is 7.54. The number of aryl methyl sites for hydroxylation is 1. The monoisotopic (exact) mass is 337 g/mol. The van der Waals surface area contributed by atoms with E-state index in [0.717, 1.165) is 25.7 Å². The molecule has 2 aromatic rings. The van der Waals surface area contributed by atoms with Gasteiger partial charge in [0.05, 0.1) is 5.41 Å². The second-order valence-electron chi connectivity index (χ2n) is 7.54. The number of anilines is 1. The van der Waals surface area contributed by atoms with Gasteiger partial charge in [0, 0.05) is 19.4 Å². The van der Waals surface area contributed by atoms with Crippen molar-refractivity contribution >= 4 is 11.7 Å². The van der Waals surface area contributed by atoms with Gasteiger partial charge in [0.25, 0.3) is 5.56 Å². The Kier molecular flexibility index (Phi) is 3.94. The second kappa shape index (κ2) is 6.14. The Labute approximate surface area is 147 Å². The van der Waals surface area contributed by atoms with Gasteiger partial charge < -0.3 is 9.88 Å². The van der Waals surface area contributed by atoms with Gasteiger partial charge in [0.2, 0.25) is 5.91 Å². The van der Waals surface area contributed by atoms with Crippen molar-refractivity contribution in [3.05, 3.63) is 58.6 Å². The van der Waals surface area contributed by atoms with E-state index in [-0.39, 0.29) is 17.3 Å². The number of nitrogens with zero attached hydrogens (tertiary/aromatic N) is 2. The maximum atomic E-state index is 13.3. The molecule has 1 amide bonds. The maximum Gasteiger partial charge on any atom is 0.293 e. The third-order valence-electron chi connectivity index (χ3n) is 6.04. The predicted molar refractivity (Wildman–Crippen MR) is 96.1 cm³/mol. The first-order valence-corrected chi connectivity index (χ1v) is 8.95. The van der Waals surface area contributed by atoms with E-state index in [1.165, 1.54) is 16.6 Å². The smallest absolute Gasteiger partial charge is 0.293 e. The van der Waals surface area contributed by atoms with Crippen LogP contribution in [0.5, 0.6) is 0 Å². The first-order valence-electron chi connectivity index (χ1n) is 8.95.